The number of carboxylic acid groups (broad SMARTS) is 1. The Hall–Kier alpha value is -1.36. The lowest BCUT2D eigenvalue weighted by atomic mass is 9.95. The minimum Gasteiger partial charge on any atom is -0.478 e. The van der Waals surface area contributed by atoms with E-state index in [0.717, 1.165) is 10.6 Å². The quantitative estimate of drug-likeness (QED) is 0.881. The van der Waals surface area contributed by atoms with Crippen molar-refractivity contribution in [2.24, 2.45) is 5.16 Å². The van der Waals surface area contributed by atoms with Gasteiger partial charge in [-0.2, -0.15) is 0 Å². The molecule has 0 aliphatic carbocycles. The van der Waals surface area contributed by atoms with Crippen LogP contribution in [-0.2, 0) is 15.0 Å². The van der Waals surface area contributed by atoms with Crippen molar-refractivity contribution in [1.82, 2.24) is 0 Å². The van der Waals surface area contributed by atoms with E-state index >= 15 is 0 Å². The predicted octanol–water partition coefficient (Wildman–Crippen LogP) is 2.62. The molecule has 0 spiro atoms. The van der Waals surface area contributed by atoms with Crippen LogP contribution in [0.2, 0.25) is 0 Å². The van der Waals surface area contributed by atoms with E-state index in [1.54, 1.807) is 11.3 Å². The van der Waals surface area contributed by atoms with E-state index < -0.39 is 12.1 Å². The molecule has 2 rings (SSSR count). The Morgan fingerprint density at radius 2 is 2.24 bits per heavy atom. The number of nitrogens with zero attached hydrogens (tertiary/aromatic N) is 1. The zero-order chi connectivity index (χ0) is 12.6. The molecule has 0 saturated carbocycles. The first-order chi connectivity index (χ1) is 7.88. The van der Waals surface area contributed by atoms with E-state index in [4.69, 9.17) is 9.94 Å². The predicted molar refractivity (Wildman–Crippen MR) is 66.7 cm³/mol. The van der Waals surface area contributed by atoms with Crippen molar-refractivity contribution in [3.05, 3.63) is 21.9 Å². The van der Waals surface area contributed by atoms with Crippen LogP contribution in [0.1, 0.15) is 36.9 Å². The molecule has 1 aliphatic rings. The zero-order valence-electron chi connectivity index (χ0n) is 10.1. The number of oxime groups is 1. The molecule has 92 valence electrons. The molecule has 0 aromatic carbocycles. The minimum atomic E-state index is -0.962. The molecule has 1 aliphatic heterocycles. The molecule has 4 nitrogen and oxygen atoms in total. The third kappa shape index (κ3) is 2.49. The van der Waals surface area contributed by atoms with E-state index in [0.29, 0.717) is 6.42 Å². The zero-order valence-corrected chi connectivity index (χ0v) is 10.9. The first-order valence-electron chi connectivity index (χ1n) is 5.44. The van der Waals surface area contributed by atoms with Crippen LogP contribution in [0.5, 0.6) is 0 Å². The monoisotopic (exact) mass is 253 g/mol. The third-order valence-corrected chi connectivity index (χ3v) is 4.13. The molecule has 0 fully saturated rings. The van der Waals surface area contributed by atoms with Gasteiger partial charge in [0.15, 0.2) is 0 Å². The maximum atomic E-state index is 10.7. The van der Waals surface area contributed by atoms with Gasteiger partial charge in [0.2, 0.25) is 6.10 Å². The van der Waals surface area contributed by atoms with Gasteiger partial charge >= 0.3 is 5.97 Å². The summed E-state index contributed by atoms with van der Waals surface area (Å²) in [7, 11) is 0. The Labute approximate surface area is 104 Å². The van der Waals surface area contributed by atoms with E-state index in [9.17, 15) is 4.79 Å². The van der Waals surface area contributed by atoms with Crippen LogP contribution in [0.4, 0.5) is 0 Å². The highest BCUT2D eigenvalue weighted by Crippen LogP contribution is 2.31. The highest BCUT2D eigenvalue weighted by molar-refractivity contribution is 7.14. The average molecular weight is 253 g/mol. The summed E-state index contributed by atoms with van der Waals surface area (Å²) in [6.07, 6.45) is -0.482. The van der Waals surface area contributed by atoms with Gasteiger partial charge in [-0.1, -0.05) is 25.9 Å². The average Bonchev–Trinajstić information content (AvgIpc) is 2.85. The maximum absolute atomic E-state index is 10.7. The van der Waals surface area contributed by atoms with Gasteiger partial charge in [0, 0.05) is 11.3 Å². The molecule has 5 heteroatoms. The highest BCUT2D eigenvalue weighted by Gasteiger charge is 2.29. The number of carbonyl (C=O) groups is 1. The Morgan fingerprint density at radius 1 is 1.53 bits per heavy atom. The van der Waals surface area contributed by atoms with Crippen molar-refractivity contribution >= 4 is 23.0 Å². The molecular formula is C12H15NO3S. The van der Waals surface area contributed by atoms with Gasteiger partial charge in [0.05, 0.1) is 4.88 Å². The highest BCUT2D eigenvalue weighted by atomic mass is 32.1. The van der Waals surface area contributed by atoms with Crippen molar-refractivity contribution in [2.45, 2.75) is 38.7 Å². The van der Waals surface area contributed by atoms with Crippen LogP contribution >= 0.6 is 11.3 Å². The topological polar surface area (TPSA) is 58.9 Å². The van der Waals surface area contributed by atoms with Crippen LogP contribution in [-0.4, -0.2) is 22.9 Å². The second-order valence-corrected chi connectivity index (χ2v) is 6.17. The first kappa shape index (κ1) is 12.1. The molecule has 1 aromatic rings. The van der Waals surface area contributed by atoms with Gasteiger partial charge < -0.3 is 9.94 Å². The summed E-state index contributed by atoms with van der Waals surface area (Å²) in [6, 6.07) is 4.05. The molecule has 0 radical (unpaired) electrons. The molecule has 17 heavy (non-hydrogen) atoms. The largest absolute Gasteiger partial charge is 0.478 e. The van der Waals surface area contributed by atoms with Crippen LogP contribution in [0.3, 0.4) is 0 Å². The van der Waals surface area contributed by atoms with E-state index in [2.05, 4.69) is 32.0 Å². The second kappa shape index (κ2) is 4.14. The summed E-state index contributed by atoms with van der Waals surface area (Å²) in [4.78, 5) is 17.9. The molecular weight excluding hydrogens is 238 g/mol. The summed E-state index contributed by atoms with van der Waals surface area (Å²) in [5.74, 6) is -0.962. The van der Waals surface area contributed by atoms with Crippen molar-refractivity contribution < 1.29 is 14.7 Å². The van der Waals surface area contributed by atoms with Crippen LogP contribution in [0.15, 0.2) is 17.3 Å². The number of thiophene rings is 1. The van der Waals surface area contributed by atoms with Crippen molar-refractivity contribution in [3.63, 3.8) is 0 Å². The lowest BCUT2D eigenvalue weighted by molar-refractivity contribution is -0.148. The Bertz CT molecular complexity index is 470. The second-order valence-electron chi connectivity index (χ2n) is 5.09. The summed E-state index contributed by atoms with van der Waals surface area (Å²) < 4.78 is 0. The fraction of sp³-hybridized carbons (Fsp3) is 0.500. The lowest BCUT2D eigenvalue weighted by Crippen LogP contribution is -2.19. The van der Waals surface area contributed by atoms with Gasteiger partial charge in [-0.3, -0.25) is 0 Å². The molecule has 0 amide bonds. The maximum Gasteiger partial charge on any atom is 0.348 e. The molecule has 1 unspecified atom stereocenters. The number of carboxylic acids is 1. The third-order valence-electron chi connectivity index (χ3n) is 2.57. The summed E-state index contributed by atoms with van der Waals surface area (Å²) in [5.41, 5.74) is 0.840. The standard InChI is InChI=1S/C12H15NO3S/c1-12(2,3)10-5-4-9(17-10)7-6-8(11(14)15)16-13-7/h4-5,8H,6H2,1-3H3,(H,14,15). The Morgan fingerprint density at radius 3 is 2.71 bits per heavy atom. The lowest BCUT2D eigenvalue weighted by Gasteiger charge is -2.15. The van der Waals surface area contributed by atoms with Crippen LogP contribution in [0, 0.1) is 0 Å². The molecule has 2 heterocycles. The molecule has 0 bridgehead atoms. The number of rotatable bonds is 2. The van der Waals surface area contributed by atoms with E-state index in [1.807, 2.05) is 6.07 Å². The van der Waals surface area contributed by atoms with Crippen LogP contribution < -0.4 is 0 Å². The SMILES string of the molecule is CC(C)(C)c1ccc(C2=NOC(C(=O)O)C2)s1. The smallest absolute Gasteiger partial charge is 0.348 e. The summed E-state index contributed by atoms with van der Waals surface area (Å²) in [6.45, 7) is 6.45. The summed E-state index contributed by atoms with van der Waals surface area (Å²) in [5, 5.41) is 12.7. The van der Waals surface area contributed by atoms with Crippen molar-refractivity contribution in [2.75, 3.05) is 0 Å². The van der Waals surface area contributed by atoms with Gasteiger partial charge in [-0.05, 0) is 17.5 Å². The van der Waals surface area contributed by atoms with Crippen molar-refractivity contribution in [1.29, 1.82) is 0 Å². The number of aliphatic carboxylic acids is 1. The van der Waals surface area contributed by atoms with Gasteiger partial charge in [0.1, 0.15) is 5.71 Å². The molecule has 1 aromatic heterocycles. The van der Waals surface area contributed by atoms with Crippen LogP contribution in [0.25, 0.3) is 0 Å². The van der Waals surface area contributed by atoms with Crippen molar-refractivity contribution in [3.8, 4) is 0 Å². The first-order valence-corrected chi connectivity index (χ1v) is 6.26. The van der Waals surface area contributed by atoms with Gasteiger partial charge in [-0.25, -0.2) is 4.79 Å². The number of hydrogen-bond donors (Lipinski definition) is 1. The van der Waals surface area contributed by atoms with Gasteiger partial charge in [0.25, 0.3) is 0 Å². The Kier molecular flexibility index (Phi) is 2.95. The van der Waals surface area contributed by atoms with E-state index in [1.165, 1.54) is 4.88 Å². The minimum absolute atomic E-state index is 0.106. The summed E-state index contributed by atoms with van der Waals surface area (Å²) >= 11 is 1.65. The fourth-order valence-corrected chi connectivity index (χ4v) is 2.61. The fourth-order valence-electron chi connectivity index (χ4n) is 1.55. The van der Waals surface area contributed by atoms with E-state index in [-0.39, 0.29) is 5.41 Å². The molecule has 1 N–H and O–H groups in total. The molecule has 1 atom stereocenters. The molecule has 0 saturated heterocycles. The normalized spacial score (nSPS) is 19.9. The van der Waals surface area contributed by atoms with Gasteiger partial charge in [-0.15, -0.1) is 11.3 Å². The number of hydrogen-bond acceptors (Lipinski definition) is 4. The Balaban J connectivity index is 2.15.